The van der Waals surface area contributed by atoms with Crippen molar-refractivity contribution in [1.29, 1.82) is 0 Å². The van der Waals surface area contributed by atoms with Crippen LogP contribution < -0.4 is 4.72 Å². The number of fused-ring (bicyclic) bond motifs is 1. The maximum atomic E-state index is 13.5. The Bertz CT molecular complexity index is 881. The molecule has 0 radical (unpaired) electrons. The normalized spacial score (nSPS) is 15.1. The standard InChI is InChI=1S/C15H14F2N2O3S2/c16-12-2-1-10(13(17)8-12)7-15(20)18-24(21,22)19-5-3-14-11(9-19)4-6-23-14/h1-2,4,6,8H,3,5,7,9H2,(H,18,20). The second-order valence-corrected chi connectivity index (χ2v) is 8.07. The van der Waals surface area contributed by atoms with Crippen molar-refractivity contribution in [2.24, 2.45) is 0 Å². The Kier molecular flexibility index (Phi) is 4.66. The molecule has 3 rings (SSSR count). The molecule has 2 heterocycles. The van der Waals surface area contributed by atoms with Crippen LogP contribution in [-0.2, 0) is 34.4 Å². The molecule has 0 saturated heterocycles. The Balaban J connectivity index is 1.67. The van der Waals surface area contributed by atoms with Crippen molar-refractivity contribution < 1.29 is 22.0 Å². The van der Waals surface area contributed by atoms with Crippen LogP contribution in [0, 0.1) is 11.6 Å². The molecule has 0 unspecified atom stereocenters. The Morgan fingerprint density at radius 3 is 2.83 bits per heavy atom. The zero-order chi connectivity index (χ0) is 17.3. The van der Waals surface area contributed by atoms with Gasteiger partial charge in [0.15, 0.2) is 0 Å². The number of benzene rings is 1. The van der Waals surface area contributed by atoms with Crippen LogP contribution in [0.5, 0.6) is 0 Å². The van der Waals surface area contributed by atoms with Gasteiger partial charge in [-0.2, -0.15) is 12.7 Å². The van der Waals surface area contributed by atoms with Crippen molar-refractivity contribution in [3.63, 3.8) is 0 Å². The van der Waals surface area contributed by atoms with Gasteiger partial charge in [0.05, 0.1) is 6.42 Å². The highest BCUT2D eigenvalue weighted by Gasteiger charge is 2.28. The largest absolute Gasteiger partial charge is 0.304 e. The molecule has 1 aromatic carbocycles. The van der Waals surface area contributed by atoms with E-state index in [1.807, 2.05) is 16.2 Å². The minimum atomic E-state index is -4.00. The number of carbonyl (C=O) groups excluding carboxylic acids is 1. The van der Waals surface area contributed by atoms with Gasteiger partial charge in [-0.15, -0.1) is 11.3 Å². The number of hydrogen-bond donors (Lipinski definition) is 1. The molecule has 0 spiro atoms. The fourth-order valence-corrected chi connectivity index (χ4v) is 4.53. The van der Waals surface area contributed by atoms with E-state index in [0.717, 1.165) is 22.6 Å². The Labute approximate surface area is 142 Å². The maximum Gasteiger partial charge on any atom is 0.304 e. The van der Waals surface area contributed by atoms with E-state index in [9.17, 15) is 22.0 Å². The lowest BCUT2D eigenvalue weighted by molar-refractivity contribution is -0.118. The average molecular weight is 372 g/mol. The van der Waals surface area contributed by atoms with Gasteiger partial charge in [0.2, 0.25) is 5.91 Å². The van der Waals surface area contributed by atoms with Gasteiger partial charge >= 0.3 is 10.2 Å². The van der Waals surface area contributed by atoms with Gasteiger partial charge in [-0.1, -0.05) is 6.07 Å². The van der Waals surface area contributed by atoms with Gasteiger partial charge in [0, 0.05) is 24.0 Å². The van der Waals surface area contributed by atoms with E-state index < -0.39 is 34.2 Å². The van der Waals surface area contributed by atoms with Gasteiger partial charge in [-0.25, -0.2) is 13.5 Å². The zero-order valence-electron chi connectivity index (χ0n) is 12.5. The van der Waals surface area contributed by atoms with Crippen LogP contribution in [0.2, 0.25) is 0 Å². The first-order chi connectivity index (χ1) is 11.3. The lowest BCUT2D eigenvalue weighted by Crippen LogP contribution is -2.45. The molecule has 128 valence electrons. The summed E-state index contributed by atoms with van der Waals surface area (Å²) in [5.41, 5.74) is 0.858. The highest BCUT2D eigenvalue weighted by atomic mass is 32.2. The number of thiophene rings is 1. The van der Waals surface area contributed by atoms with E-state index in [-0.39, 0.29) is 18.7 Å². The lowest BCUT2D eigenvalue weighted by Gasteiger charge is -2.26. The number of hydrogen-bond acceptors (Lipinski definition) is 4. The van der Waals surface area contributed by atoms with Crippen LogP contribution >= 0.6 is 11.3 Å². The minimum absolute atomic E-state index is 0.0668. The SMILES string of the molecule is O=C(Cc1ccc(F)cc1F)NS(=O)(=O)N1CCc2sccc2C1. The summed E-state index contributed by atoms with van der Waals surface area (Å²) < 4.78 is 54.1. The van der Waals surface area contributed by atoms with Crippen LogP contribution in [0.25, 0.3) is 0 Å². The molecule has 1 amide bonds. The van der Waals surface area contributed by atoms with Crippen molar-refractivity contribution in [2.75, 3.05) is 6.54 Å². The van der Waals surface area contributed by atoms with E-state index in [0.29, 0.717) is 12.5 Å². The van der Waals surface area contributed by atoms with Crippen molar-refractivity contribution in [3.8, 4) is 0 Å². The molecule has 0 bridgehead atoms. The summed E-state index contributed by atoms with van der Waals surface area (Å²) >= 11 is 1.58. The van der Waals surface area contributed by atoms with Gasteiger partial charge in [0.1, 0.15) is 11.6 Å². The Morgan fingerprint density at radius 2 is 2.08 bits per heavy atom. The van der Waals surface area contributed by atoms with Gasteiger partial charge in [0.25, 0.3) is 0 Å². The molecule has 5 nitrogen and oxygen atoms in total. The smallest absolute Gasteiger partial charge is 0.274 e. The first-order valence-electron chi connectivity index (χ1n) is 7.15. The monoisotopic (exact) mass is 372 g/mol. The third-order valence-corrected chi connectivity index (χ3v) is 6.22. The average Bonchev–Trinajstić information content (AvgIpc) is 2.97. The first-order valence-corrected chi connectivity index (χ1v) is 9.47. The fraction of sp³-hybridized carbons (Fsp3) is 0.267. The molecule has 24 heavy (non-hydrogen) atoms. The molecule has 0 saturated carbocycles. The van der Waals surface area contributed by atoms with Crippen LogP contribution in [0.3, 0.4) is 0 Å². The third-order valence-electron chi connectivity index (χ3n) is 3.72. The summed E-state index contributed by atoms with van der Waals surface area (Å²) in [6.45, 7) is 0.480. The second-order valence-electron chi connectivity index (χ2n) is 5.40. The number of carbonyl (C=O) groups is 1. The lowest BCUT2D eigenvalue weighted by atomic mass is 10.1. The summed E-state index contributed by atoms with van der Waals surface area (Å²) in [6.07, 6.45) is 0.109. The molecular weight excluding hydrogens is 358 g/mol. The van der Waals surface area contributed by atoms with Crippen molar-refractivity contribution in [1.82, 2.24) is 9.03 Å². The Hall–Kier alpha value is -1.84. The molecule has 1 N–H and O–H groups in total. The van der Waals surface area contributed by atoms with Crippen molar-refractivity contribution in [2.45, 2.75) is 19.4 Å². The summed E-state index contributed by atoms with van der Waals surface area (Å²) in [5, 5.41) is 1.90. The summed E-state index contributed by atoms with van der Waals surface area (Å²) in [6, 6.07) is 4.65. The second kappa shape index (κ2) is 6.58. The number of amides is 1. The summed E-state index contributed by atoms with van der Waals surface area (Å²) in [4.78, 5) is 13.1. The molecule has 0 atom stereocenters. The molecule has 0 aliphatic carbocycles. The molecule has 9 heteroatoms. The number of halogens is 2. The summed E-state index contributed by atoms with van der Waals surface area (Å²) in [7, 11) is -4.00. The van der Waals surface area contributed by atoms with Crippen molar-refractivity contribution in [3.05, 3.63) is 57.3 Å². The van der Waals surface area contributed by atoms with E-state index >= 15 is 0 Å². The third kappa shape index (κ3) is 3.63. The van der Waals surface area contributed by atoms with Gasteiger partial charge in [-0.05, 0) is 35.1 Å². The quantitative estimate of drug-likeness (QED) is 0.893. The van der Waals surface area contributed by atoms with E-state index in [1.165, 1.54) is 4.31 Å². The number of nitrogens with one attached hydrogen (secondary N) is 1. The predicted octanol–water partition coefficient (Wildman–Crippen LogP) is 1.99. The van der Waals surface area contributed by atoms with E-state index in [1.54, 1.807) is 11.3 Å². The topological polar surface area (TPSA) is 66.5 Å². The zero-order valence-corrected chi connectivity index (χ0v) is 14.1. The van der Waals surface area contributed by atoms with Crippen LogP contribution in [0.4, 0.5) is 8.78 Å². The van der Waals surface area contributed by atoms with E-state index in [2.05, 4.69) is 0 Å². The first kappa shape index (κ1) is 17.0. The molecule has 1 aromatic heterocycles. The fourth-order valence-electron chi connectivity index (χ4n) is 2.51. The predicted molar refractivity (Wildman–Crippen MR) is 85.6 cm³/mol. The Morgan fingerprint density at radius 1 is 1.29 bits per heavy atom. The van der Waals surface area contributed by atoms with Crippen LogP contribution in [0.15, 0.2) is 29.6 Å². The minimum Gasteiger partial charge on any atom is -0.274 e. The van der Waals surface area contributed by atoms with Crippen LogP contribution in [-0.4, -0.2) is 25.2 Å². The molecule has 2 aromatic rings. The van der Waals surface area contributed by atoms with Gasteiger partial charge < -0.3 is 0 Å². The highest BCUT2D eigenvalue weighted by Crippen LogP contribution is 2.25. The van der Waals surface area contributed by atoms with Crippen molar-refractivity contribution >= 4 is 27.5 Å². The number of nitrogens with zero attached hydrogens (tertiary/aromatic N) is 1. The highest BCUT2D eigenvalue weighted by molar-refractivity contribution is 7.87. The number of rotatable bonds is 4. The molecule has 1 aliphatic heterocycles. The molecule has 0 fully saturated rings. The molecular formula is C15H14F2N2O3S2. The molecule has 1 aliphatic rings. The van der Waals surface area contributed by atoms with E-state index in [4.69, 9.17) is 0 Å². The van der Waals surface area contributed by atoms with Gasteiger partial charge in [-0.3, -0.25) is 4.79 Å². The maximum absolute atomic E-state index is 13.5. The van der Waals surface area contributed by atoms with Crippen LogP contribution in [0.1, 0.15) is 16.0 Å². The summed E-state index contributed by atoms with van der Waals surface area (Å²) in [5.74, 6) is -2.51.